The molecule has 0 aliphatic rings. The Bertz CT molecular complexity index is 2760. The van der Waals surface area contributed by atoms with E-state index in [1.165, 1.54) is 77.0 Å². The average Bonchev–Trinajstić information content (AvgIpc) is 0.903. The first kappa shape index (κ1) is 102. The molecule has 3 N–H and O–H groups in total. The van der Waals surface area contributed by atoms with E-state index in [9.17, 15) is 43.2 Å². The van der Waals surface area contributed by atoms with Crippen LogP contribution in [0.15, 0.2) is 182 Å². The number of carbonyl (C=O) groups is 4. The van der Waals surface area contributed by atoms with Gasteiger partial charge in [0.05, 0.1) is 26.4 Å². The van der Waals surface area contributed by atoms with Gasteiger partial charge < -0.3 is 33.8 Å². The highest BCUT2D eigenvalue weighted by Gasteiger charge is 2.30. The zero-order valence-electron chi connectivity index (χ0n) is 66.9. The molecule has 0 amide bonds. The summed E-state index contributed by atoms with van der Waals surface area (Å²) in [7, 11) is -10.0. The minimum atomic E-state index is -5.03. The van der Waals surface area contributed by atoms with Crippen molar-refractivity contribution in [3.8, 4) is 0 Å². The van der Waals surface area contributed by atoms with Gasteiger partial charge in [-0.25, -0.2) is 9.13 Å². The Kier molecular flexibility index (Phi) is 75.0. The highest BCUT2D eigenvalue weighted by Crippen LogP contribution is 2.45. The van der Waals surface area contributed by atoms with Crippen LogP contribution in [-0.2, 0) is 65.4 Å². The summed E-state index contributed by atoms with van der Waals surface area (Å²) in [5.41, 5.74) is 0. The molecule has 108 heavy (non-hydrogen) atoms. The minimum Gasteiger partial charge on any atom is -0.462 e. The molecule has 0 saturated carbocycles. The van der Waals surface area contributed by atoms with Crippen molar-refractivity contribution in [1.82, 2.24) is 0 Å². The molecule has 0 radical (unpaired) electrons. The van der Waals surface area contributed by atoms with Crippen LogP contribution in [-0.4, -0.2) is 96.7 Å². The molecule has 17 nitrogen and oxygen atoms in total. The van der Waals surface area contributed by atoms with E-state index in [1.807, 2.05) is 42.5 Å². The number of phosphoric acid groups is 2. The van der Waals surface area contributed by atoms with Crippen molar-refractivity contribution in [3.05, 3.63) is 182 Å². The van der Waals surface area contributed by atoms with E-state index in [1.54, 1.807) is 0 Å². The molecular weight excluding hydrogens is 1400 g/mol. The fourth-order valence-electron chi connectivity index (χ4n) is 10.1. The van der Waals surface area contributed by atoms with Gasteiger partial charge >= 0.3 is 39.5 Å². The molecule has 19 heteroatoms. The summed E-state index contributed by atoms with van der Waals surface area (Å²) in [6, 6.07) is 0. The summed E-state index contributed by atoms with van der Waals surface area (Å²) in [5.74, 6) is -2.43. The Balaban J connectivity index is 5.57. The molecule has 0 aromatic carbocycles. The van der Waals surface area contributed by atoms with Crippen LogP contribution < -0.4 is 0 Å². The first-order valence-electron chi connectivity index (χ1n) is 41.0. The molecule has 5 atom stereocenters. The van der Waals surface area contributed by atoms with E-state index in [2.05, 4.69) is 167 Å². The lowest BCUT2D eigenvalue weighted by Crippen LogP contribution is -2.30. The molecule has 612 valence electrons. The van der Waals surface area contributed by atoms with Crippen LogP contribution in [0.1, 0.15) is 297 Å². The zero-order chi connectivity index (χ0) is 78.9. The first-order valence-corrected chi connectivity index (χ1v) is 44.0. The maximum atomic E-state index is 13.1. The summed E-state index contributed by atoms with van der Waals surface area (Å²) in [6.45, 7) is 4.46. The molecule has 2 unspecified atom stereocenters. The number of carbonyl (C=O) groups excluding carboxylic acids is 4. The molecule has 0 rings (SSSR count). The van der Waals surface area contributed by atoms with Gasteiger partial charge in [-0.15, -0.1) is 0 Å². The summed E-state index contributed by atoms with van der Waals surface area (Å²) >= 11 is 0. The monoisotopic (exact) mass is 1550 g/mol. The number of rotatable bonds is 75. The van der Waals surface area contributed by atoms with Gasteiger partial charge in [0.25, 0.3) is 0 Å². The molecule has 0 aromatic heterocycles. The van der Waals surface area contributed by atoms with E-state index < -0.39 is 97.5 Å². The van der Waals surface area contributed by atoms with Crippen molar-refractivity contribution in [2.75, 3.05) is 39.6 Å². The van der Waals surface area contributed by atoms with Crippen molar-refractivity contribution >= 4 is 39.5 Å². The molecule has 0 aliphatic heterocycles. The lowest BCUT2D eigenvalue weighted by Gasteiger charge is -2.21. The molecule has 0 spiro atoms. The fourth-order valence-corrected chi connectivity index (χ4v) is 11.7. The van der Waals surface area contributed by atoms with Crippen LogP contribution in [0.4, 0.5) is 0 Å². The third-order valence-electron chi connectivity index (χ3n) is 16.3. The molecule has 0 heterocycles. The largest absolute Gasteiger partial charge is 0.472 e. The van der Waals surface area contributed by atoms with Crippen molar-refractivity contribution in [2.45, 2.75) is 316 Å². The Morgan fingerprint density at radius 1 is 0.269 bits per heavy atom. The standard InChI is InChI=1S/C89H144O17P2/c1-5-9-13-17-21-25-29-33-37-40-41-44-48-52-56-60-64-68-72-76-89(94)106-85(80-100-87(92)74-70-66-62-58-54-50-46-42-38-34-30-26-22-18-14-10-6-2)82-104-108(97,98)102-78-83(90)77-101-107(95,96)103-81-84(79-99-86(91)73-69-65-61-57-53-49-45-36-32-28-24-20-16-12-8-4)105-88(93)75-71-67-63-59-55-51-47-43-39-35-31-27-23-19-15-11-7-3/h9,13,21-23,25-27,33-39,41,44-47,50-52,56,58-59,62-64,68,83-85,90H,5-8,10-12,14-20,24,28-32,40,42-43,48-49,53-55,57,60-61,65-67,69-82H2,1-4H3,(H,95,96)(H,97,98)/b13-9-,25-21-,26-22-,27-23-,37-33-,38-34-,39-35-,44-41-,45-36-,50-46-,51-47-,56-52-,62-58-,63-59-,68-64-/t83-,84+,85+/m0/s1. The summed E-state index contributed by atoms with van der Waals surface area (Å²) < 4.78 is 68.5. The van der Waals surface area contributed by atoms with Gasteiger partial charge in [0.2, 0.25) is 0 Å². The van der Waals surface area contributed by atoms with Gasteiger partial charge in [0.15, 0.2) is 12.2 Å². The summed E-state index contributed by atoms with van der Waals surface area (Å²) in [4.78, 5) is 73.0. The third-order valence-corrected chi connectivity index (χ3v) is 18.2. The van der Waals surface area contributed by atoms with Crippen molar-refractivity contribution in [2.24, 2.45) is 0 Å². The van der Waals surface area contributed by atoms with Crippen molar-refractivity contribution in [1.29, 1.82) is 0 Å². The number of unbranched alkanes of at least 4 members (excludes halogenated alkanes) is 19. The molecule has 0 saturated heterocycles. The number of allylic oxidation sites excluding steroid dienone is 30. The second kappa shape index (κ2) is 79.3. The second-order valence-electron chi connectivity index (χ2n) is 26.6. The Labute approximate surface area is 654 Å². The van der Waals surface area contributed by atoms with Crippen LogP contribution in [0.5, 0.6) is 0 Å². The highest BCUT2D eigenvalue weighted by atomic mass is 31.2. The van der Waals surface area contributed by atoms with Gasteiger partial charge in [0.1, 0.15) is 19.3 Å². The molecule has 0 aliphatic carbocycles. The molecular formula is C89H144O17P2. The van der Waals surface area contributed by atoms with Gasteiger partial charge in [-0.1, -0.05) is 287 Å². The van der Waals surface area contributed by atoms with Crippen LogP contribution in [0.2, 0.25) is 0 Å². The van der Waals surface area contributed by atoms with E-state index in [0.717, 1.165) is 122 Å². The Morgan fingerprint density at radius 3 is 0.861 bits per heavy atom. The fraction of sp³-hybridized carbons (Fsp3) is 0.618. The number of esters is 4. The Hall–Kier alpha value is -5.84. The number of aliphatic hydroxyl groups is 1. The highest BCUT2D eigenvalue weighted by molar-refractivity contribution is 7.47. The van der Waals surface area contributed by atoms with Crippen LogP contribution in [0.25, 0.3) is 0 Å². The second-order valence-corrected chi connectivity index (χ2v) is 29.5. The third kappa shape index (κ3) is 78.3. The molecule has 0 bridgehead atoms. The zero-order valence-corrected chi connectivity index (χ0v) is 68.7. The van der Waals surface area contributed by atoms with Crippen LogP contribution >= 0.6 is 15.6 Å². The first-order chi connectivity index (χ1) is 52.7. The molecule has 0 aromatic rings. The van der Waals surface area contributed by atoms with Gasteiger partial charge in [-0.3, -0.25) is 37.3 Å². The number of aliphatic hydroxyl groups excluding tert-OH is 1. The smallest absolute Gasteiger partial charge is 0.462 e. The SMILES string of the molecule is CC/C=C\C/C=C\C/C=C\C/C=C\C/C=C\C/C=C\CCC(=O)O[C@H](COC(=O)CCC/C=C\C/C=C\C/C=C\C/C=C\CCCCC)COP(=O)(O)OC[C@@H](O)COP(=O)(O)OC[C@@H](COC(=O)CCCCCCC/C=C\CCCCCCCC)OC(=O)CCC/C=C\C/C=C\C/C=C\C/C=C\CCCCC. The lowest BCUT2D eigenvalue weighted by atomic mass is 10.1. The lowest BCUT2D eigenvalue weighted by molar-refractivity contribution is -0.161. The van der Waals surface area contributed by atoms with E-state index in [4.69, 9.17) is 37.0 Å². The minimum absolute atomic E-state index is 0.00848. The Morgan fingerprint density at radius 2 is 0.509 bits per heavy atom. The van der Waals surface area contributed by atoms with Gasteiger partial charge in [-0.05, 0) is 167 Å². The van der Waals surface area contributed by atoms with Gasteiger partial charge in [-0.2, -0.15) is 0 Å². The number of hydrogen-bond donors (Lipinski definition) is 3. The molecule has 0 fully saturated rings. The maximum absolute atomic E-state index is 13.1. The van der Waals surface area contributed by atoms with Gasteiger partial charge in [0, 0.05) is 25.7 Å². The van der Waals surface area contributed by atoms with Crippen LogP contribution in [0.3, 0.4) is 0 Å². The average molecular weight is 1550 g/mol. The predicted octanol–water partition coefficient (Wildman–Crippen LogP) is 24.3. The predicted molar refractivity (Wildman–Crippen MR) is 445 cm³/mol. The number of ether oxygens (including phenoxy) is 4. The van der Waals surface area contributed by atoms with E-state index in [0.29, 0.717) is 44.9 Å². The number of hydrogen-bond acceptors (Lipinski definition) is 15. The normalized spacial score (nSPS) is 14.8. The number of phosphoric ester groups is 2. The quantitative estimate of drug-likeness (QED) is 0.0169. The van der Waals surface area contributed by atoms with Crippen LogP contribution in [0, 0.1) is 0 Å². The summed E-state index contributed by atoms with van der Waals surface area (Å²) in [6.07, 6.45) is 96.1. The van der Waals surface area contributed by atoms with Crippen molar-refractivity contribution < 1.29 is 80.2 Å². The van der Waals surface area contributed by atoms with Crippen molar-refractivity contribution in [3.63, 3.8) is 0 Å². The summed E-state index contributed by atoms with van der Waals surface area (Å²) in [5, 5.41) is 10.7. The topological polar surface area (TPSA) is 237 Å². The van der Waals surface area contributed by atoms with E-state index >= 15 is 0 Å². The maximum Gasteiger partial charge on any atom is 0.472 e. The van der Waals surface area contributed by atoms with E-state index in [-0.39, 0.29) is 25.7 Å².